The molecule has 0 saturated heterocycles. The minimum atomic E-state index is 0.261. The Morgan fingerprint density at radius 1 is 1.17 bits per heavy atom. The standard InChI is InChI=1S/C17H20N4OS/c1-11(2)19-16-17(21-14-7-5-4-6-13(14)20-16)22-9-8-15-12(3)18-10-23-15/h4-7,10-11H,8-9H2,1-3H3,(H,19,20). The number of aromatic nitrogens is 3. The van der Waals surface area contributed by atoms with Gasteiger partial charge in [-0.3, -0.25) is 0 Å². The fourth-order valence-corrected chi connectivity index (χ4v) is 3.02. The molecule has 0 aliphatic carbocycles. The molecule has 1 aromatic carbocycles. The van der Waals surface area contributed by atoms with Crippen molar-refractivity contribution in [1.82, 2.24) is 15.0 Å². The lowest BCUT2D eigenvalue weighted by molar-refractivity contribution is 0.311. The second-order valence-electron chi connectivity index (χ2n) is 5.62. The molecule has 5 nitrogen and oxygen atoms in total. The van der Waals surface area contributed by atoms with Crippen LogP contribution in [0.15, 0.2) is 29.8 Å². The first-order valence-corrected chi connectivity index (χ1v) is 8.56. The molecule has 0 radical (unpaired) electrons. The van der Waals surface area contributed by atoms with Crippen LogP contribution in [0.2, 0.25) is 0 Å². The summed E-state index contributed by atoms with van der Waals surface area (Å²) in [7, 11) is 0. The Balaban J connectivity index is 1.81. The molecule has 0 fully saturated rings. The van der Waals surface area contributed by atoms with E-state index >= 15 is 0 Å². The largest absolute Gasteiger partial charge is 0.475 e. The molecule has 0 aliphatic rings. The maximum absolute atomic E-state index is 5.92. The lowest BCUT2D eigenvalue weighted by atomic mass is 10.3. The van der Waals surface area contributed by atoms with Crippen LogP contribution in [0.4, 0.5) is 5.82 Å². The molecule has 0 saturated carbocycles. The second kappa shape index (κ2) is 6.91. The van der Waals surface area contributed by atoms with Crippen molar-refractivity contribution in [2.75, 3.05) is 11.9 Å². The Bertz CT molecular complexity index is 800. The Morgan fingerprint density at radius 3 is 2.57 bits per heavy atom. The number of fused-ring (bicyclic) bond motifs is 1. The predicted octanol–water partition coefficient (Wildman–Crippen LogP) is 3.84. The first kappa shape index (κ1) is 15.7. The maximum Gasteiger partial charge on any atom is 0.258 e. The summed E-state index contributed by atoms with van der Waals surface area (Å²) in [5, 5.41) is 3.31. The fraction of sp³-hybridized carbons (Fsp3) is 0.353. The van der Waals surface area contributed by atoms with E-state index in [4.69, 9.17) is 4.74 Å². The van der Waals surface area contributed by atoms with Crippen molar-refractivity contribution in [3.8, 4) is 5.88 Å². The van der Waals surface area contributed by atoms with E-state index in [9.17, 15) is 0 Å². The first-order chi connectivity index (χ1) is 11.1. The van der Waals surface area contributed by atoms with E-state index in [1.807, 2.05) is 36.7 Å². The van der Waals surface area contributed by atoms with E-state index in [0.29, 0.717) is 18.3 Å². The highest BCUT2D eigenvalue weighted by Gasteiger charge is 2.12. The number of nitrogens with one attached hydrogen (secondary N) is 1. The molecule has 2 aromatic heterocycles. The number of hydrogen-bond acceptors (Lipinski definition) is 6. The Hall–Kier alpha value is -2.21. The van der Waals surface area contributed by atoms with Crippen molar-refractivity contribution in [3.05, 3.63) is 40.3 Å². The summed E-state index contributed by atoms with van der Waals surface area (Å²) in [4.78, 5) is 14.8. The number of para-hydroxylation sites is 2. The molecule has 3 rings (SSSR count). The van der Waals surface area contributed by atoms with Crippen LogP contribution < -0.4 is 10.1 Å². The molecule has 6 heteroatoms. The average molecular weight is 328 g/mol. The predicted molar refractivity (Wildman–Crippen MR) is 94.3 cm³/mol. The molecular weight excluding hydrogens is 308 g/mol. The number of hydrogen-bond donors (Lipinski definition) is 1. The molecule has 0 aliphatic heterocycles. The van der Waals surface area contributed by atoms with Gasteiger partial charge in [-0.25, -0.2) is 15.0 Å². The van der Waals surface area contributed by atoms with Gasteiger partial charge in [-0.1, -0.05) is 12.1 Å². The molecule has 120 valence electrons. The molecule has 3 aromatic rings. The lowest BCUT2D eigenvalue weighted by Crippen LogP contribution is -2.14. The number of nitrogens with zero attached hydrogens (tertiary/aromatic N) is 3. The van der Waals surface area contributed by atoms with Gasteiger partial charge in [-0.2, -0.15) is 0 Å². The Kier molecular flexibility index (Phi) is 4.71. The molecule has 1 N–H and O–H groups in total. The third kappa shape index (κ3) is 3.76. The van der Waals surface area contributed by atoms with E-state index in [2.05, 4.69) is 34.1 Å². The first-order valence-electron chi connectivity index (χ1n) is 7.68. The zero-order chi connectivity index (χ0) is 16.2. The number of aryl methyl sites for hydroxylation is 1. The van der Waals surface area contributed by atoms with E-state index < -0.39 is 0 Å². The molecule has 0 bridgehead atoms. The molecule has 0 spiro atoms. The summed E-state index contributed by atoms with van der Waals surface area (Å²) in [5.41, 5.74) is 4.64. The number of rotatable bonds is 6. The monoisotopic (exact) mass is 328 g/mol. The van der Waals surface area contributed by atoms with Crippen LogP contribution in [0.5, 0.6) is 5.88 Å². The van der Waals surface area contributed by atoms with Crippen molar-refractivity contribution in [1.29, 1.82) is 0 Å². The van der Waals surface area contributed by atoms with Crippen molar-refractivity contribution in [2.24, 2.45) is 0 Å². The summed E-state index contributed by atoms with van der Waals surface area (Å²) in [6.45, 7) is 6.72. The van der Waals surface area contributed by atoms with Crippen molar-refractivity contribution in [3.63, 3.8) is 0 Å². The van der Waals surface area contributed by atoms with Gasteiger partial charge in [0.05, 0.1) is 28.8 Å². The molecular formula is C17H20N4OS. The zero-order valence-electron chi connectivity index (χ0n) is 13.5. The van der Waals surface area contributed by atoms with Crippen molar-refractivity contribution in [2.45, 2.75) is 33.2 Å². The third-order valence-corrected chi connectivity index (χ3v) is 4.37. The topological polar surface area (TPSA) is 59.9 Å². The Labute approximate surface area is 139 Å². The van der Waals surface area contributed by atoms with Gasteiger partial charge in [0, 0.05) is 17.3 Å². The van der Waals surface area contributed by atoms with Gasteiger partial charge in [-0.15, -0.1) is 11.3 Å². The SMILES string of the molecule is Cc1ncsc1CCOc1nc2ccccc2nc1NC(C)C. The number of ether oxygens (including phenoxy) is 1. The number of thiazole rings is 1. The highest BCUT2D eigenvalue weighted by atomic mass is 32.1. The van der Waals surface area contributed by atoms with E-state index in [0.717, 1.165) is 23.1 Å². The van der Waals surface area contributed by atoms with E-state index in [1.54, 1.807) is 11.3 Å². The van der Waals surface area contributed by atoms with Crippen molar-refractivity contribution >= 4 is 28.2 Å². The minimum absolute atomic E-state index is 0.261. The highest BCUT2D eigenvalue weighted by molar-refractivity contribution is 7.09. The summed E-state index contributed by atoms with van der Waals surface area (Å²) in [6, 6.07) is 8.08. The lowest BCUT2D eigenvalue weighted by Gasteiger charge is -2.14. The van der Waals surface area contributed by atoms with E-state index in [-0.39, 0.29) is 6.04 Å². The van der Waals surface area contributed by atoms with Crippen molar-refractivity contribution < 1.29 is 4.74 Å². The molecule has 0 amide bonds. The van der Waals surface area contributed by atoms with Gasteiger partial charge < -0.3 is 10.1 Å². The van der Waals surface area contributed by atoms with Gasteiger partial charge >= 0.3 is 0 Å². The van der Waals surface area contributed by atoms with Crippen LogP contribution in [-0.4, -0.2) is 27.6 Å². The second-order valence-corrected chi connectivity index (χ2v) is 6.56. The van der Waals surface area contributed by atoms with Gasteiger partial charge in [0.1, 0.15) is 0 Å². The van der Waals surface area contributed by atoms with Crippen LogP contribution in [0.3, 0.4) is 0 Å². The zero-order valence-corrected chi connectivity index (χ0v) is 14.4. The molecule has 2 heterocycles. The normalized spacial score (nSPS) is 11.1. The van der Waals surface area contributed by atoms with Gasteiger partial charge in [0.25, 0.3) is 5.88 Å². The molecule has 0 unspecified atom stereocenters. The van der Waals surface area contributed by atoms with Crippen LogP contribution in [0.25, 0.3) is 11.0 Å². The summed E-state index contributed by atoms with van der Waals surface area (Å²) >= 11 is 1.66. The van der Waals surface area contributed by atoms with Crippen LogP contribution in [-0.2, 0) is 6.42 Å². The van der Waals surface area contributed by atoms with Crippen LogP contribution in [0, 0.1) is 6.92 Å². The smallest absolute Gasteiger partial charge is 0.258 e. The quantitative estimate of drug-likeness (QED) is 0.745. The fourth-order valence-electron chi connectivity index (χ4n) is 2.26. The number of benzene rings is 1. The van der Waals surface area contributed by atoms with Gasteiger partial charge in [0.2, 0.25) is 0 Å². The average Bonchev–Trinajstić information content (AvgIpc) is 2.92. The highest BCUT2D eigenvalue weighted by Crippen LogP contribution is 2.24. The van der Waals surface area contributed by atoms with Gasteiger partial charge in [-0.05, 0) is 32.9 Å². The molecule has 0 atom stereocenters. The molecule has 23 heavy (non-hydrogen) atoms. The number of anilines is 1. The van der Waals surface area contributed by atoms with Gasteiger partial charge in [0.15, 0.2) is 5.82 Å². The van der Waals surface area contributed by atoms with Crippen LogP contribution >= 0.6 is 11.3 Å². The summed E-state index contributed by atoms with van der Waals surface area (Å²) < 4.78 is 5.92. The Morgan fingerprint density at radius 2 is 1.91 bits per heavy atom. The summed E-state index contributed by atoms with van der Waals surface area (Å²) in [5.74, 6) is 1.25. The minimum Gasteiger partial charge on any atom is -0.475 e. The summed E-state index contributed by atoms with van der Waals surface area (Å²) in [6.07, 6.45) is 0.826. The van der Waals surface area contributed by atoms with E-state index in [1.165, 1.54) is 4.88 Å². The third-order valence-electron chi connectivity index (χ3n) is 3.38. The van der Waals surface area contributed by atoms with Crippen LogP contribution in [0.1, 0.15) is 24.4 Å². The maximum atomic E-state index is 5.92.